The van der Waals surface area contributed by atoms with Gasteiger partial charge in [-0.1, -0.05) is 6.07 Å². The zero-order valence-electron chi connectivity index (χ0n) is 24.7. The summed E-state index contributed by atoms with van der Waals surface area (Å²) >= 11 is 0. The largest absolute Gasteiger partial charge is 2.00 e. The van der Waals surface area contributed by atoms with E-state index in [0.717, 1.165) is 6.42 Å². The van der Waals surface area contributed by atoms with Gasteiger partial charge >= 0.3 is 26.2 Å². The third-order valence-corrected chi connectivity index (χ3v) is 4.85. The number of rotatable bonds is 0. The van der Waals surface area contributed by atoms with E-state index in [1.165, 1.54) is 16.3 Å². The minimum Gasteiger partial charge on any atom is -1.00 e. The van der Waals surface area contributed by atoms with E-state index in [2.05, 4.69) is 85.8 Å². The summed E-state index contributed by atoms with van der Waals surface area (Å²) < 4.78 is 0. The number of hydrogen-bond donors (Lipinski definition) is 0. The Morgan fingerprint density at radius 3 is 1.14 bits per heavy atom. The van der Waals surface area contributed by atoms with E-state index in [1.807, 2.05) is 127 Å². The molecule has 0 bridgehead atoms. The van der Waals surface area contributed by atoms with Gasteiger partial charge in [-0.05, 0) is 0 Å². The number of allylic oxidation sites excluding steroid dienone is 4. The summed E-state index contributed by atoms with van der Waals surface area (Å²) in [4.78, 5) is 0. The van der Waals surface area contributed by atoms with Crippen LogP contribution < -0.4 is 24.8 Å². The molecule has 44 heavy (non-hydrogen) atoms. The Balaban J connectivity index is -0.000000215. The molecular weight excluding hydrogens is 687 g/mol. The molecular formula is C39H34Cl2Si2Zr-6. The number of fused-ring (bicyclic) bond motifs is 1. The molecule has 0 N–H and O–H groups in total. The molecule has 0 nitrogen and oxygen atoms in total. The molecule has 0 heterocycles. The van der Waals surface area contributed by atoms with Gasteiger partial charge in [0.2, 0.25) is 0 Å². The second-order valence-corrected chi connectivity index (χ2v) is 7.96. The maximum Gasteiger partial charge on any atom is 2.00 e. The van der Waals surface area contributed by atoms with Crippen molar-refractivity contribution in [1.82, 2.24) is 0 Å². The molecule has 0 aromatic heterocycles. The molecule has 0 saturated carbocycles. The molecule has 7 rings (SSSR count). The summed E-state index contributed by atoms with van der Waals surface area (Å²) in [5, 5.41) is 2.66. The van der Waals surface area contributed by atoms with Crippen LogP contribution in [0, 0.1) is 30.3 Å². The van der Waals surface area contributed by atoms with Crippen molar-refractivity contribution in [3.8, 4) is 0 Å². The Morgan fingerprint density at radius 1 is 0.523 bits per heavy atom. The molecule has 0 amide bonds. The molecule has 6 aromatic rings. The minimum atomic E-state index is 0. The van der Waals surface area contributed by atoms with Gasteiger partial charge in [-0.3, -0.25) is 6.08 Å². The summed E-state index contributed by atoms with van der Waals surface area (Å²) in [5.74, 6) is 0. The van der Waals surface area contributed by atoms with Crippen LogP contribution in [0.15, 0.2) is 182 Å². The van der Waals surface area contributed by atoms with Crippen LogP contribution in [0.5, 0.6) is 0 Å². The van der Waals surface area contributed by atoms with Crippen LogP contribution in [-0.2, 0) is 26.2 Å². The predicted octanol–water partition coefficient (Wildman–Crippen LogP) is 3.45. The van der Waals surface area contributed by atoms with Crippen LogP contribution in [0.3, 0.4) is 0 Å². The fraction of sp³-hybridized carbons (Fsp3) is 0.0513. The first kappa shape index (κ1) is 48.0. The fourth-order valence-corrected chi connectivity index (χ4v) is 2.94. The average molecular weight is 721 g/mol. The van der Waals surface area contributed by atoms with Crippen molar-refractivity contribution in [2.45, 2.75) is 13.3 Å². The quantitative estimate of drug-likeness (QED) is 0.167. The van der Waals surface area contributed by atoms with Crippen LogP contribution >= 0.6 is 0 Å². The van der Waals surface area contributed by atoms with Crippen molar-refractivity contribution in [2.75, 3.05) is 0 Å². The summed E-state index contributed by atoms with van der Waals surface area (Å²) in [6, 6.07) is 64.7. The molecule has 0 aliphatic heterocycles. The maximum atomic E-state index is 3.05. The van der Waals surface area contributed by atoms with Crippen LogP contribution in [0.2, 0.25) is 0 Å². The fourth-order valence-electron chi connectivity index (χ4n) is 2.94. The standard InChI is InChI=1S/C9H7.C6H7.4C6H5.2ClH.2Si.Zr/c1-2-5-9-7-3-6-8(9)4-1;1-6-4-2-3-5-6;4*1-2-4-6-5-3-1;;;;;/h1-7H;4-5H,2H2,1H3;4*1-5H;2*1H;;;/q6*-1;;;;;+2/p-2. The monoisotopic (exact) mass is 718 g/mol. The second kappa shape index (κ2) is 36.3. The summed E-state index contributed by atoms with van der Waals surface area (Å²) in [5.41, 5.74) is 1.34. The Labute approximate surface area is 306 Å². The van der Waals surface area contributed by atoms with E-state index in [1.54, 1.807) is 0 Å². The molecule has 0 saturated heterocycles. The van der Waals surface area contributed by atoms with Gasteiger partial charge in [-0.15, -0.1) is 43.0 Å². The number of halogens is 2. The Kier molecular flexibility index (Phi) is 39.6. The van der Waals surface area contributed by atoms with Crippen molar-refractivity contribution < 1.29 is 51.0 Å². The molecule has 0 spiro atoms. The van der Waals surface area contributed by atoms with E-state index < -0.39 is 0 Å². The second-order valence-electron chi connectivity index (χ2n) is 7.96. The van der Waals surface area contributed by atoms with Crippen molar-refractivity contribution in [2.24, 2.45) is 0 Å². The van der Waals surface area contributed by atoms with E-state index in [4.69, 9.17) is 0 Å². The van der Waals surface area contributed by atoms with E-state index in [9.17, 15) is 0 Å². The van der Waals surface area contributed by atoms with E-state index in [0.29, 0.717) is 0 Å². The van der Waals surface area contributed by atoms with Gasteiger partial charge in [0.25, 0.3) is 0 Å². The first-order valence-corrected chi connectivity index (χ1v) is 12.8. The third kappa shape index (κ3) is 27.9. The molecule has 5 heteroatoms. The first-order chi connectivity index (χ1) is 19.4. The van der Waals surface area contributed by atoms with Gasteiger partial charge < -0.3 is 24.8 Å². The van der Waals surface area contributed by atoms with Gasteiger partial charge in [0.05, 0.1) is 0 Å². The zero-order valence-corrected chi connectivity index (χ0v) is 30.7. The van der Waals surface area contributed by atoms with Crippen molar-refractivity contribution in [1.29, 1.82) is 0 Å². The smallest absolute Gasteiger partial charge is 1.00 e. The summed E-state index contributed by atoms with van der Waals surface area (Å²) in [6.45, 7) is 2.08. The minimum absolute atomic E-state index is 0. The summed E-state index contributed by atoms with van der Waals surface area (Å²) in [7, 11) is 0. The van der Waals surface area contributed by atoms with Gasteiger partial charge in [0, 0.05) is 21.9 Å². The predicted molar refractivity (Wildman–Crippen MR) is 178 cm³/mol. The van der Waals surface area contributed by atoms with Gasteiger partial charge in [0.15, 0.2) is 0 Å². The zero-order chi connectivity index (χ0) is 27.5. The molecule has 0 fully saturated rings. The molecule has 1 aliphatic carbocycles. The van der Waals surface area contributed by atoms with Crippen molar-refractivity contribution >= 4 is 32.7 Å². The van der Waals surface area contributed by atoms with Crippen molar-refractivity contribution in [3.05, 3.63) is 212 Å². The Hall–Kier alpha value is -2.91. The maximum absolute atomic E-state index is 3.05. The Bertz CT molecular complexity index is 1110. The van der Waals surface area contributed by atoms with Crippen molar-refractivity contribution in [3.63, 3.8) is 0 Å². The SMILES string of the molecule is CC1=CC[C-]=C1.[Cl-].[Cl-].[Si].[Si].[Zr+2].[c-]1ccccc1.[c-]1ccccc1.[c-]1ccccc1.[c-]1ccccc1.c1ccc2[cH-]ccc2c1. The van der Waals surface area contributed by atoms with Gasteiger partial charge in [-0.25, -0.2) is 11.6 Å². The average Bonchev–Trinajstić information content (AvgIpc) is 3.74. The molecule has 0 unspecified atom stereocenters. The number of hydrogen-bond acceptors (Lipinski definition) is 0. The van der Waals surface area contributed by atoms with Crippen LogP contribution in [-0.4, -0.2) is 21.9 Å². The molecule has 1 aliphatic rings. The first-order valence-electron chi connectivity index (χ1n) is 12.8. The normalized spacial score (nSPS) is 8.98. The molecule has 8 radical (unpaired) electrons. The Morgan fingerprint density at radius 2 is 0.909 bits per heavy atom. The van der Waals surface area contributed by atoms with Gasteiger partial charge in [-0.2, -0.15) is 169 Å². The molecule has 0 atom stereocenters. The summed E-state index contributed by atoms with van der Waals surface area (Å²) in [6.07, 6.45) is 8.24. The molecule has 6 aromatic carbocycles. The van der Waals surface area contributed by atoms with Gasteiger partial charge in [0.1, 0.15) is 0 Å². The van der Waals surface area contributed by atoms with Crippen LogP contribution in [0.25, 0.3) is 10.8 Å². The number of benzene rings is 5. The van der Waals surface area contributed by atoms with E-state index >= 15 is 0 Å². The topological polar surface area (TPSA) is 0 Å². The van der Waals surface area contributed by atoms with Crippen LogP contribution in [0.4, 0.5) is 0 Å². The van der Waals surface area contributed by atoms with Crippen LogP contribution in [0.1, 0.15) is 13.3 Å². The third-order valence-electron chi connectivity index (χ3n) is 4.85. The molecule has 222 valence electrons. The van der Waals surface area contributed by atoms with E-state index in [-0.39, 0.29) is 72.9 Å².